The highest BCUT2D eigenvalue weighted by Crippen LogP contribution is 2.30. The van der Waals surface area contributed by atoms with Crippen LogP contribution in [0.3, 0.4) is 0 Å². The Labute approximate surface area is 198 Å². The lowest BCUT2D eigenvalue weighted by atomic mass is 9.93. The summed E-state index contributed by atoms with van der Waals surface area (Å²) in [5.41, 5.74) is 7.63. The van der Waals surface area contributed by atoms with Crippen molar-refractivity contribution in [2.45, 2.75) is 27.3 Å². The van der Waals surface area contributed by atoms with Crippen LogP contribution in [0.25, 0.3) is 33.6 Å². The maximum atomic E-state index is 9.75. The molecule has 0 saturated heterocycles. The van der Waals surface area contributed by atoms with Crippen LogP contribution in [-0.4, -0.2) is 7.25 Å². The Morgan fingerprint density at radius 1 is 0.559 bits per heavy atom. The van der Waals surface area contributed by atoms with Crippen molar-refractivity contribution in [1.82, 2.24) is 0 Å². The van der Waals surface area contributed by atoms with E-state index in [1.807, 2.05) is 0 Å². The number of nitrogens with zero attached hydrogens (tertiary/aromatic N) is 1. The molecule has 0 fully saturated rings. The van der Waals surface area contributed by atoms with Crippen LogP contribution < -0.4 is 4.57 Å². The molecule has 3 aromatic carbocycles. The summed E-state index contributed by atoms with van der Waals surface area (Å²) in [6.07, 6.45) is 0. The second kappa shape index (κ2) is 10.7. The molecule has 4 rings (SSSR count). The third-order valence-corrected chi connectivity index (χ3v) is 5.04. The van der Waals surface area contributed by atoms with E-state index in [1.54, 1.807) is 0 Å². The number of pyridine rings is 1. The summed E-state index contributed by atoms with van der Waals surface area (Å²) in [4.78, 5) is 0. The molecule has 0 radical (unpaired) electrons. The molecule has 176 valence electrons. The molecule has 1 heterocycles. The van der Waals surface area contributed by atoms with E-state index in [-0.39, 0.29) is 5.41 Å². The molecule has 0 bridgehead atoms. The maximum Gasteiger partial charge on any atom is 0.673 e. The first-order valence-electron chi connectivity index (χ1n) is 11.1. The van der Waals surface area contributed by atoms with Gasteiger partial charge in [-0.2, -0.15) is 4.57 Å². The van der Waals surface area contributed by atoms with Gasteiger partial charge >= 0.3 is 7.25 Å². The van der Waals surface area contributed by atoms with Crippen molar-refractivity contribution in [1.29, 1.82) is 0 Å². The highest BCUT2D eigenvalue weighted by Gasteiger charge is 2.27. The monoisotopic (exact) mass is 465 g/mol. The highest BCUT2D eigenvalue weighted by atomic mass is 19.5. The minimum atomic E-state index is -6.00. The first-order valence-corrected chi connectivity index (χ1v) is 11.1. The smallest absolute Gasteiger partial charge is 0.418 e. The van der Waals surface area contributed by atoms with Crippen LogP contribution in [0.5, 0.6) is 0 Å². The van der Waals surface area contributed by atoms with Gasteiger partial charge < -0.3 is 17.3 Å². The molecule has 0 N–H and O–H groups in total. The Morgan fingerprint density at radius 2 is 0.882 bits per heavy atom. The second-order valence-corrected chi connectivity index (χ2v) is 9.25. The van der Waals surface area contributed by atoms with Gasteiger partial charge in [-0.15, -0.1) is 0 Å². The van der Waals surface area contributed by atoms with Crippen LogP contribution in [0.15, 0.2) is 103 Å². The zero-order valence-corrected chi connectivity index (χ0v) is 19.6. The molecule has 1 aromatic heterocycles. The van der Waals surface area contributed by atoms with Crippen molar-refractivity contribution < 1.29 is 21.8 Å². The number of hydrogen-bond donors (Lipinski definition) is 0. The second-order valence-electron chi connectivity index (χ2n) is 9.25. The van der Waals surface area contributed by atoms with Crippen molar-refractivity contribution in [2.24, 2.45) is 5.41 Å². The largest absolute Gasteiger partial charge is 0.673 e. The average Bonchev–Trinajstić information content (AvgIpc) is 2.79. The van der Waals surface area contributed by atoms with Crippen molar-refractivity contribution in [3.8, 4) is 33.6 Å². The fraction of sp³-hybridized carbons (Fsp3) is 0.179. The van der Waals surface area contributed by atoms with Crippen LogP contribution in [0.1, 0.15) is 20.8 Å². The van der Waals surface area contributed by atoms with Gasteiger partial charge in [0.15, 0.2) is 6.54 Å². The molecule has 0 spiro atoms. The Balaban J connectivity index is 0.000000588. The summed E-state index contributed by atoms with van der Waals surface area (Å²) < 4.78 is 41.5. The third-order valence-electron chi connectivity index (χ3n) is 5.04. The molecular formula is C28H28BF4N. The molecule has 1 nitrogen and oxygen atoms in total. The maximum absolute atomic E-state index is 9.75. The lowest BCUT2D eigenvalue weighted by Gasteiger charge is -2.19. The van der Waals surface area contributed by atoms with Crippen LogP contribution in [-0.2, 0) is 6.54 Å². The minimum absolute atomic E-state index is 0.159. The van der Waals surface area contributed by atoms with Crippen molar-refractivity contribution in [3.63, 3.8) is 0 Å². The summed E-state index contributed by atoms with van der Waals surface area (Å²) in [7, 11) is -6.00. The number of benzene rings is 3. The molecular weight excluding hydrogens is 437 g/mol. The lowest BCUT2D eigenvalue weighted by Crippen LogP contribution is -2.44. The standard InChI is InChI=1S/C28H28N.BF4/c1-28(2,3)21-29-26(23-15-9-5-10-16-23)19-25(22-13-7-4-8-14-22)20-27(29)24-17-11-6-12-18-24;2-1(3,4)5/h4-20H,21H2,1-3H3;/q+1;-1. The van der Waals surface area contributed by atoms with E-state index >= 15 is 0 Å². The zero-order valence-electron chi connectivity index (χ0n) is 19.6. The molecule has 0 aliphatic rings. The first kappa shape index (κ1) is 25.2. The van der Waals surface area contributed by atoms with E-state index in [1.165, 1.54) is 33.6 Å². The van der Waals surface area contributed by atoms with Gasteiger partial charge in [-0.25, -0.2) is 0 Å². The SMILES string of the molecule is CC(C)(C)C[n+]1c(-c2ccccc2)cc(-c2ccccc2)cc1-c1ccccc1.F[B-](F)(F)F. The summed E-state index contributed by atoms with van der Waals surface area (Å²) >= 11 is 0. The number of halogens is 4. The molecule has 0 aliphatic carbocycles. The van der Waals surface area contributed by atoms with Crippen molar-refractivity contribution in [3.05, 3.63) is 103 Å². The van der Waals surface area contributed by atoms with E-state index in [0.717, 1.165) is 6.54 Å². The fourth-order valence-corrected chi connectivity index (χ4v) is 3.76. The zero-order chi connectivity index (χ0) is 24.8. The summed E-state index contributed by atoms with van der Waals surface area (Å²) in [6, 6.07) is 36.8. The Morgan fingerprint density at radius 3 is 1.21 bits per heavy atom. The van der Waals surface area contributed by atoms with Crippen molar-refractivity contribution in [2.75, 3.05) is 0 Å². The van der Waals surface area contributed by atoms with Gasteiger partial charge in [-0.05, 0) is 35.4 Å². The van der Waals surface area contributed by atoms with Crippen LogP contribution >= 0.6 is 0 Å². The number of aromatic nitrogens is 1. The van der Waals surface area contributed by atoms with E-state index in [4.69, 9.17) is 0 Å². The van der Waals surface area contributed by atoms with E-state index in [0.29, 0.717) is 0 Å². The fourth-order valence-electron chi connectivity index (χ4n) is 3.76. The van der Waals surface area contributed by atoms with E-state index in [9.17, 15) is 17.3 Å². The van der Waals surface area contributed by atoms with Crippen LogP contribution in [0.4, 0.5) is 17.3 Å². The normalized spacial score (nSPS) is 11.5. The van der Waals surface area contributed by atoms with Gasteiger partial charge in [0.05, 0.1) is 0 Å². The van der Waals surface area contributed by atoms with Gasteiger partial charge in [-0.3, -0.25) is 0 Å². The molecule has 6 heteroatoms. The average molecular weight is 465 g/mol. The quantitative estimate of drug-likeness (QED) is 0.162. The Hall–Kier alpha value is -3.41. The van der Waals surface area contributed by atoms with Gasteiger partial charge in [-0.1, -0.05) is 87.5 Å². The third kappa shape index (κ3) is 7.58. The highest BCUT2D eigenvalue weighted by molar-refractivity contribution is 6.50. The first-order chi connectivity index (χ1) is 16.0. The molecule has 0 aliphatic heterocycles. The topological polar surface area (TPSA) is 3.88 Å². The molecule has 4 aromatic rings. The molecule has 0 atom stereocenters. The lowest BCUT2D eigenvalue weighted by molar-refractivity contribution is -0.687. The Bertz CT molecular complexity index is 1120. The number of rotatable bonds is 4. The summed E-state index contributed by atoms with van der Waals surface area (Å²) in [6.45, 7) is 7.84. The Kier molecular flexibility index (Phi) is 7.92. The molecule has 0 saturated carbocycles. The molecule has 34 heavy (non-hydrogen) atoms. The van der Waals surface area contributed by atoms with Gasteiger partial charge in [0, 0.05) is 28.7 Å². The summed E-state index contributed by atoms with van der Waals surface area (Å²) in [5, 5.41) is 0. The van der Waals surface area contributed by atoms with Gasteiger partial charge in [0.25, 0.3) is 0 Å². The van der Waals surface area contributed by atoms with Crippen LogP contribution in [0, 0.1) is 5.41 Å². The van der Waals surface area contributed by atoms with E-state index < -0.39 is 7.25 Å². The minimum Gasteiger partial charge on any atom is -0.418 e. The number of hydrogen-bond acceptors (Lipinski definition) is 0. The van der Waals surface area contributed by atoms with E-state index in [2.05, 4.69) is 128 Å². The molecule has 0 amide bonds. The van der Waals surface area contributed by atoms with Gasteiger partial charge in [0.1, 0.15) is 0 Å². The van der Waals surface area contributed by atoms with Crippen LogP contribution in [0.2, 0.25) is 0 Å². The predicted molar refractivity (Wildman–Crippen MR) is 133 cm³/mol. The summed E-state index contributed by atoms with van der Waals surface area (Å²) in [5.74, 6) is 0. The molecule has 0 unspecified atom stereocenters. The van der Waals surface area contributed by atoms with Crippen molar-refractivity contribution >= 4 is 7.25 Å². The predicted octanol–water partition coefficient (Wildman–Crippen LogP) is 8.32. The van der Waals surface area contributed by atoms with Gasteiger partial charge in [0.2, 0.25) is 11.4 Å².